The molecule has 240 valence electrons. The van der Waals surface area contributed by atoms with Crippen molar-refractivity contribution in [1.29, 1.82) is 0 Å². The lowest BCUT2D eigenvalue weighted by Crippen LogP contribution is -2.43. The third-order valence-corrected chi connectivity index (χ3v) is 9.86. The molecule has 7 aromatic rings. The number of halogens is 2. The van der Waals surface area contributed by atoms with Crippen LogP contribution in [-0.2, 0) is 5.54 Å². The van der Waals surface area contributed by atoms with Gasteiger partial charge in [-0.1, -0.05) is 102 Å². The van der Waals surface area contributed by atoms with E-state index in [1.54, 1.807) is 18.3 Å². The van der Waals surface area contributed by atoms with E-state index in [1.165, 1.54) is 6.07 Å². The Morgan fingerprint density at radius 1 is 0.857 bits per heavy atom. The number of hydrogen-bond acceptors (Lipinski definition) is 5. The maximum absolute atomic E-state index is 15.9. The Balaban J connectivity index is 1.30. The summed E-state index contributed by atoms with van der Waals surface area (Å²) in [6.45, 7) is 0. The summed E-state index contributed by atoms with van der Waals surface area (Å²) < 4.78 is 25.5. The van der Waals surface area contributed by atoms with Crippen LogP contribution in [0.3, 0.4) is 0 Å². The Hall–Kier alpha value is -5.60. The molecule has 7 nitrogen and oxygen atoms in total. The lowest BCUT2D eigenvalue weighted by molar-refractivity contribution is 0.293. The number of rotatable bonds is 8. The predicted octanol–water partition coefficient (Wildman–Crippen LogP) is 9.51. The molecule has 4 heterocycles. The van der Waals surface area contributed by atoms with Crippen molar-refractivity contribution in [2.75, 3.05) is 0 Å². The minimum atomic E-state index is -0.770. The Labute approximate surface area is 287 Å². The van der Waals surface area contributed by atoms with Gasteiger partial charge >= 0.3 is 0 Å². The summed E-state index contributed by atoms with van der Waals surface area (Å²) in [5, 5.41) is 9.93. The average molecular weight is 665 g/mol. The van der Waals surface area contributed by atoms with Crippen molar-refractivity contribution in [2.45, 2.75) is 30.7 Å². The molecule has 9 rings (SSSR count). The van der Waals surface area contributed by atoms with E-state index in [4.69, 9.17) is 21.2 Å². The van der Waals surface area contributed by atoms with Gasteiger partial charge in [0.2, 0.25) is 11.7 Å². The van der Waals surface area contributed by atoms with E-state index < -0.39 is 11.4 Å². The van der Waals surface area contributed by atoms with E-state index in [1.807, 2.05) is 45.7 Å². The van der Waals surface area contributed by atoms with Crippen molar-refractivity contribution in [3.8, 4) is 33.9 Å². The van der Waals surface area contributed by atoms with Gasteiger partial charge in [-0.2, -0.15) is 10.1 Å². The van der Waals surface area contributed by atoms with E-state index in [9.17, 15) is 0 Å². The Kier molecular flexibility index (Phi) is 7.13. The van der Waals surface area contributed by atoms with Gasteiger partial charge in [0.15, 0.2) is 0 Å². The summed E-state index contributed by atoms with van der Waals surface area (Å²) in [5.74, 6) is 1.03. The normalized spacial score (nSPS) is 16.1. The van der Waals surface area contributed by atoms with Crippen molar-refractivity contribution < 1.29 is 8.91 Å². The monoisotopic (exact) mass is 664 g/mol. The van der Waals surface area contributed by atoms with Gasteiger partial charge in [0.1, 0.15) is 28.4 Å². The number of imidazole rings is 1. The van der Waals surface area contributed by atoms with Gasteiger partial charge in [-0.15, -0.1) is 0 Å². The fourth-order valence-electron chi connectivity index (χ4n) is 7.09. The molecule has 0 N–H and O–H groups in total. The van der Waals surface area contributed by atoms with Crippen LogP contribution in [0.25, 0.3) is 39.5 Å². The third kappa shape index (κ3) is 5.02. The third-order valence-electron chi connectivity index (χ3n) is 9.62. The van der Waals surface area contributed by atoms with Gasteiger partial charge in [-0.25, -0.2) is 9.37 Å². The highest BCUT2D eigenvalue weighted by atomic mass is 35.5. The first kappa shape index (κ1) is 29.5. The molecule has 0 saturated heterocycles. The molecule has 0 radical (unpaired) electrons. The summed E-state index contributed by atoms with van der Waals surface area (Å²) in [6.07, 6.45) is 17.3. The summed E-state index contributed by atoms with van der Waals surface area (Å²) in [6, 6.07) is 29.5. The largest absolute Gasteiger partial charge is 0.339 e. The molecular formula is C40H30ClFN6O. The second-order valence-electron chi connectivity index (χ2n) is 12.6. The summed E-state index contributed by atoms with van der Waals surface area (Å²) in [4.78, 5) is 9.30. The smallest absolute Gasteiger partial charge is 0.230 e. The van der Waals surface area contributed by atoms with Crippen LogP contribution in [-0.4, -0.2) is 29.3 Å². The molecule has 0 amide bonds. The van der Waals surface area contributed by atoms with Crippen LogP contribution in [0.4, 0.5) is 4.39 Å². The first-order valence-corrected chi connectivity index (χ1v) is 16.8. The van der Waals surface area contributed by atoms with E-state index >= 15 is 4.39 Å². The molecule has 1 atom stereocenters. The number of pyridine rings is 1. The van der Waals surface area contributed by atoms with Crippen molar-refractivity contribution in [2.24, 2.45) is 5.92 Å². The highest BCUT2D eigenvalue weighted by Gasteiger charge is 2.44. The molecular weight excluding hydrogens is 635 g/mol. The summed E-state index contributed by atoms with van der Waals surface area (Å²) >= 11 is 6.24. The van der Waals surface area contributed by atoms with E-state index in [0.29, 0.717) is 39.6 Å². The van der Waals surface area contributed by atoms with Crippen molar-refractivity contribution in [3.05, 3.63) is 162 Å². The van der Waals surface area contributed by atoms with Crippen LogP contribution in [0.1, 0.15) is 42.2 Å². The Morgan fingerprint density at radius 3 is 2.33 bits per heavy atom. The molecule has 9 heteroatoms. The lowest BCUT2D eigenvalue weighted by Gasteiger charge is -2.41. The second-order valence-corrected chi connectivity index (χ2v) is 13.1. The summed E-state index contributed by atoms with van der Waals surface area (Å²) in [7, 11) is 0. The van der Waals surface area contributed by atoms with Gasteiger partial charge in [0.25, 0.3) is 0 Å². The number of benzene rings is 3. The zero-order valence-corrected chi connectivity index (χ0v) is 27.1. The van der Waals surface area contributed by atoms with Crippen LogP contribution < -0.4 is 0 Å². The lowest BCUT2D eigenvalue weighted by atomic mass is 9.70. The SMILES string of the molecule is Fc1cc(Cl)ccc1-c1nn(C(c2ccccc2)(c2ccccc2)C2C=CC=CC2)cc1-c1ccc2ncc(-c3noc(C4CC4)n3)n2c1. The topological polar surface area (TPSA) is 74.0 Å². The zero-order valence-electron chi connectivity index (χ0n) is 26.3. The van der Waals surface area contributed by atoms with Gasteiger partial charge in [-0.3, -0.25) is 9.08 Å². The van der Waals surface area contributed by atoms with E-state index in [2.05, 4.69) is 88.0 Å². The molecule has 2 aliphatic rings. The van der Waals surface area contributed by atoms with Gasteiger partial charge in [0.05, 0.1) is 6.20 Å². The van der Waals surface area contributed by atoms with Crippen LogP contribution >= 0.6 is 11.6 Å². The number of aromatic nitrogens is 6. The predicted molar refractivity (Wildman–Crippen MR) is 188 cm³/mol. The number of hydrogen-bond donors (Lipinski definition) is 0. The first-order valence-electron chi connectivity index (χ1n) is 16.4. The number of allylic oxidation sites excluding steroid dienone is 4. The molecule has 49 heavy (non-hydrogen) atoms. The molecule has 3 aromatic carbocycles. The van der Waals surface area contributed by atoms with E-state index in [0.717, 1.165) is 47.2 Å². The van der Waals surface area contributed by atoms with Gasteiger partial charge in [-0.05, 0) is 60.7 Å². The first-order chi connectivity index (χ1) is 24.1. The molecule has 0 spiro atoms. The van der Waals surface area contributed by atoms with Crippen LogP contribution in [0.15, 0.2) is 138 Å². The highest BCUT2D eigenvalue weighted by Crippen LogP contribution is 2.46. The molecule has 2 aliphatic carbocycles. The van der Waals surface area contributed by atoms with Crippen LogP contribution in [0.2, 0.25) is 5.02 Å². The Morgan fingerprint density at radius 2 is 1.63 bits per heavy atom. The standard InChI is InChI=1S/C40H30ClFN6O/c41-31-19-20-32(34(42)22-31)37-33(27-18-21-36-43-23-35(47(36)24-27)38-44-39(49-46-38)26-16-17-26)25-48(45-37)40(28-10-4-1-5-11-28,29-12-6-2-7-13-29)30-14-8-3-9-15-30/h1-14,18-26,30H,15-17H2. The molecule has 4 aromatic heterocycles. The molecule has 1 saturated carbocycles. The van der Waals surface area contributed by atoms with Crippen molar-refractivity contribution in [3.63, 3.8) is 0 Å². The van der Waals surface area contributed by atoms with Gasteiger partial charge < -0.3 is 4.52 Å². The maximum Gasteiger partial charge on any atom is 0.230 e. The van der Waals surface area contributed by atoms with Crippen LogP contribution in [0, 0.1) is 11.7 Å². The molecule has 1 unspecified atom stereocenters. The number of nitrogens with zero attached hydrogens (tertiary/aromatic N) is 6. The summed E-state index contributed by atoms with van der Waals surface area (Å²) in [5.41, 5.74) is 5.23. The minimum absolute atomic E-state index is 0.000371. The number of fused-ring (bicyclic) bond motifs is 1. The van der Waals surface area contributed by atoms with Crippen LogP contribution in [0.5, 0.6) is 0 Å². The molecule has 0 bridgehead atoms. The maximum atomic E-state index is 15.9. The fraction of sp³-hybridized carbons (Fsp3) is 0.150. The fourth-order valence-corrected chi connectivity index (χ4v) is 7.25. The Bertz CT molecular complexity index is 2330. The minimum Gasteiger partial charge on any atom is -0.339 e. The highest BCUT2D eigenvalue weighted by molar-refractivity contribution is 6.30. The van der Waals surface area contributed by atoms with Gasteiger partial charge in [0, 0.05) is 45.9 Å². The average Bonchev–Trinajstić information content (AvgIpc) is 3.50. The van der Waals surface area contributed by atoms with Crippen molar-refractivity contribution >= 4 is 17.2 Å². The van der Waals surface area contributed by atoms with E-state index in [-0.39, 0.29) is 5.92 Å². The zero-order chi connectivity index (χ0) is 33.0. The van der Waals surface area contributed by atoms with Crippen molar-refractivity contribution in [1.82, 2.24) is 29.3 Å². The second kappa shape index (κ2) is 11.8. The molecule has 1 fully saturated rings. The molecule has 0 aliphatic heterocycles. The quantitative estimate of drug-likeness (QED) is 0.162.